The Bertz CT molecular complexity index is 1490. The van der Waals surface area contributed by atoms with E-state index in [1.807, 2.05) is 0 Å². The summed E-state index contributed by atoms with van der Waals surface area (Å²) in [5.74, 6) is 0.247. The van der Waals surface area contributed by atoms with E-state index in [-0.39, 0.29) is 11.8 Å². The second kappa shape index (κ2) is 19.6. The molecule has 0 aliphatic heterocycles. The molecule has 0 radical (unpaired) electrons. The number of hydrogen-bond donors (Lipinski definition) is 0. The van der Waals surface area contributed by atoms with Crippen molar-refractivity contribution in [1.82, 2.24) is 0 Å². The topological polar surface area (TPSA) is 22.2 Å². The van der Waals surface area contributed by atoms with Gasteiger partial charge in [-0.05, 0) is 136 Å². The third-order valence-corrected chi connectivity index (χ3v) is 10.7. The summed E-state index contributed by atoms with van der Waals surface area (Å²) in [6.07, 6.45) is 2.26. The van der Waals surface area contributed by atoms with Crippen molar-refractivity contribution >= 4 is 22.7 Å². The molecule has 4 rings (SSSR count). The molecule has 0 saturated carbocycles. The molecule has 5 nitrogen and oxygen atoms in total. The molecular weight excluding hydrogens is 625 g/mol. The molecule has 276 valence electrons. The molecule has 0 aliphatic rings. The Morgan fingerprint density at radius 1 is 0.471 bits per heavy atom. The first-order valence-electron chi connectivity index (χ1n) is 19.6. The minimum atomic E-state index is 0.123. The summed E-state index contributed by atoms with van der Waals surface area (Å²) in [5.41, 5.74) is 13.0. The van der Waals surface area contributed by atoms with Gasteiger partial charge in [0.25, 0.3) is 0 Å². The van der Waals surface area contributed by atoms with Crippen LogP contribution < -0.4 is 19.6 Å². The molecule has 0 aliphatic carbocycles. The lowest BCUT2D eigenvalue weighted by atomic mass is 9.87. The van der Waals surface area contributed by atoms with Crippen LogP contribution in [0.2, 0.25) is 0 Å². The number of ether oxygens (including phenoxy) is 1. The minimum Gasteiger partial charge on any atom is -0.379 e. The van der Waals surface area contributed by atoms with Crippen LogP contribution in [0.15, 0.2) is 84.9 Å². The molecule has 4 aromatic carbocycles. The third kappa shape index (κ3) is 10.1. The van der Waals surface area contributed by atoms with Crippen molar-refractivity contribution in [2.75, 3.05) is 86.2 Å². The minimum absolute atomic E-state index is 0.123. The highest BCUT2D eigenvalue weighted by molar-refractivity contribution is 5.56. The molecule has 0 aromatic heterocycles. The van der Waals surface area contributed by atoms with Gasteiger partial charge in [0.15, 0.2) is 0 Å². The zero-order valence-corrected chi connectivity index (χ0v) is 33.5. The van der Waals surface area contributed by atoms with Gasteiger partial charge in [0.2, 0.25) is 0 Å². The van der Waals surface area contributed by atoms with Crippen LogP contribution in [0.4, 0.5) is 22.7 Å². The average Bonchev–Trinajstić information content (AvgIpc) is 3.14. The highest BCUT2D eigenvalue weighted by atomic mass is 16.5. The van der Waals surface area contributed by atoms with Crippen molar-refractivity contribution in [3.8, 4) is 0 Å². The molecule has 0 N–H and O–H groups in total. The Morgan fingerprint density at radius 2 is 0.804 bits per heavy atom. The molecule has 0 fully saturated rings. The number of anilines is 4. The summed E-state index contributed by atoms with van der Waals surface area (Å²) in [7, 11) is 4.36. The maximum absolute atomic E-state index is 6.92. The zero-order valence-electron chi connectivity index (χ0n) is 33.5. The Morgan fingerprint density at radius 3 is 1.10 bits per heavy atom. The normalized spacial score (nSPS) is 12.4. The standard InChI is InChI=1S/C46H66N4O/c1-11-29-47(9)39-21-17-37(18-22-39)45(43-27-25-41(31-35(43)7)49(13-3)14-4)33-51-34-46(38-19-23-40(24-20-38)48(10)30-12-2)44-28-26-42(32-36(44)8)50(15-5)16-6/h17-28,31-32,45-46H,11-16,29-30,33-34H2,1-10H3. The summed E-state index contributed by atoms with van der Waals surface area (Å²) < 4.78 is 6.92. The lowest BCUT2D eigenvalue weighted by Crippen LogP contribution is -2.22. The Hall–Kier alpha value is -3.96. The molecule has 0 heterocycles. The second-order valence-corrected chi connectivity index (χ2v) is 14.1. The maximum atomic E-state index is 6.92. The van der Waals surface area contributed by atoms with Crippen LogP contribution in [-0.2, 0) is 4.74 Å². The van der Waals surface area contributed by atoms with Crippen LogP contribution in [0.5, 0.6) is 0 Å². The third-order valence-electron chi connectivity index (χ3n) is 10.7. The molecule has 0 spiro atoms. The Labute approximate surface area is 311 Å². The van der Waals surface area contributed by atoms with Gasteiger partial charge >= 0.3 is 0 Å². The van der Waals surface area contributed by atoms with E-state index in [9.17, 15) is 0 Å². The molecule has 2 unspecified atom stereocenters. The van der Waals surface area contributed by atoms with Gasteiger partial charge in [-0.1, -0.05) is 50.2 Å². The molecule has 2 atom stereocenters. The van der Waals surface area contributed by atoms with E-state index in [4.69, 9.17) is 4.74 Å². The van der Waals surface area contributed by atoms with Crippen molar-refractivity contribution in [3.05, 3.63) is 118 Å². The van der Waals surface area contributed by atoms with Crippen molar-refractivity contribution < 1.29 is 4.74 Å². The van der Waals surface area contributed by atoms with Crippen LogP contribution in [0, 0.1) is 13.8 Å². The Kier molecular flexibility index (Phi) is 15.3. The van der Waals surface area contributed by atoms with E-state index >= 15 is 0 Å². The first-order chi connectivity index (χ1) is 24.7. The summed E-state index contributed by atoms with van der Waals surface area (Å²) in [6.45, 7) is 25.2. The lowest BCUT2D eigenvalue weighted by molar-refractivity contribution is 0.120. The fourth-order valence-electron chi connectivity index (χ4n) is 7.56. The van der Waals surface area contributed by atoms with Crippen molar-refractivity contribution in [2.45, 2.75) is 80.1 Å². The first kappa shape index (κ1) is 39.8. The molecule has 5 heteroatoms. The van der Waals surface area contributed by atoms with E-state index in [0.29, 0.717) is 13.2 Å². The first-order valence-corrected chi connectivity index (χ1v) is 19.6. The zero-order chi connectivity index (χ0) is 36.9. The van der Waals surface area contributed by atoms with E-state index in [0.717, 1.165) is 52.1 Å². The average molecular weight is 691 g/mol. The highest BCUT2D eigenvalue weighted by Gasteiger charge is 2.22. The van der Waals surface area contributed by atoms with Gasteiger partial charge in [-0.15, -0.1) is 0 Å². The number of benzene rings is 4. The number of aryl methyl sites for hydroxylation is 2. The number of hydrogen-bond acceptors (Lipinski definition) is 5. The predicted octanol–water partition coefficient (Wildman–Crippen LogP) is 10.7. The maximum Gasteiger partial charge on any atom is 0.0576 e. The van der Waals surface area contributed by atoms with Crippen molar-refractivity contribution in [2.24, 2.45) is 0 Å². The highest BCUT2D eigenvalue weighted by Crippen LogP contribution is 2.35. The quantitative estimate of drug-likeness (QED) is 0.0918. The smallest absolute Gasteiger partial charge is 0.0576 e. The van der Waals surface area contributed by atoms with Crippen LogP contribution in [0.3, 0.4) is 0 Å². The molecular formula is C46H66N4O. The van der Waals surface area contributed by atoms with Crippen LogP contribution >= 0.6 is 0 Å². The monoisotopic (exact) mass is 691 g/mol. The van der Waals surface area contributed by atoms with Crippen molar-refractivity contribution in [1.29, 1.82) is 0 Å². The molecule has 0 amide bonds. The van der Waals surface area contributed by atoms with Gasteiger partial charge in [0, 0.05) is 87.9 Å². The largest absolute Gasteiger partial charge is 0.379 e. The van der Waals surface area contributed by atoms with Gasteiger partial charge in [-0.25, -0.2) is 0 Å². The summed E-state index contributed by atoms with van der Waals surface area (Å²) in [4.78, 5) is 9.51. The fourth-order valence-corrected chi connectivity index (χ4v) is 7.56. The van der Waals surface area contributed by atoms with Gasteiger partial charge in [0.05, 0.1) is 13.2 Å². The van der Waals surface area contributed by atoms with Gasteiger partial charge in [-0.2, -0.15) is 0 Å². The van der Waals surface area contributed by atoms with E-state index in [1.165, 1.54) is 56.1 Å². The molecule has 51 heavy (non-hydrogen) atoms. The van der Waals surface area contributed by atoms with E-state index in [2.05, 4.69) is 174 Å². The second-order valence-electron chi connectivity index (χ2n) is 14.1. The van der Waals surface area contributed by atoms with Gasteiger partial charge in [0.1, 0.15) is 0 Å². The van der Waals surface area contributed by atoms with Gasteiger partial charge in [-0.3, -0.25) is 0 Å². The molecule has 4 aromatic rings. The van der Waals surface area contributed by atoms with Gasteiger partial charge < -0.3 is 24.3 Å². The van der Waals surface area contributed by atoms with E-state index in [1.54, 1.807) is 0 Å². The van der Waals surface area contributed by atoms with Crippen molar-refractivity contribution in [3.63, 3.8) is 0 Å². The number of nitrogens with zero attached hydrogens (tertiary/aromatic N) is 4. The number of rotatable bonds is 20. The molecule has 0 bridgehead atoms. The lowest BCUT2D eigenvalue weighted by Gasteiger charge is -2.27. The predicted molar refractivity (Wildman–Crippen MR) is 224 cm³/mol. The van der Waals surface area contributed by atoms with Crippen LogP contribution in [-0.4, -0.2) is 66.6 Å². The summed E-state index contributed by atoms with van der Waals surface area (Å²) in [5, 5.41) is 0. The van der Waals surface area contributed by atoms with Crippen LogP contribution in [0.25, 0.3) is 0 Å². The summed E-state index contributed by atoms with van der Waals surface area (Å²) in [6, 6.07) is 32.4. The van der Waals surface area contributed by atoms with E-state index < -0.39 is 0 Å². The SMILES string of the molecule is CCCN(C)c1ccc(C(COCC(c2ccc(N(C)CCC)cc2)c2ccc(N(CC)CC)cc2C)c2ccc(N(CC)CC)cc2C)cc1. The van der Waals surface area contributed by atoms with Crippen LogP contribution in [0.1, 0.15) is 99.6 Å². The fraction of sp³-hybridized carbons (Fsp3) is 0.478. The Balaban J connectivity index is 1.69. The summed E-state index contributed by atoms with van der Waals surface area (Å²) >= 11 is 0. The molecule has 0 saturated heterocycles.